The summed E-state index contributed by atoms with van der Waals surface area (Å²) in [5.74, 6) is 0.906. The van der Waals surface area contributed by atoms with E-state index in [-0.39, 0.29) is 5.91 Å². The molecule has 6 heteroatoms. The zero-order valence-corrected chi connectivity index (χ0v) is 12.0. The number of carbonyl (C=O) groups excluding carboxylic acids is 1. The molecule has 20 heavy (non-hydrogen) atoms. The molecule has 0 atom stereocenters. The number of amides is 1. The van der Waals surface area contributed by atoms with Crippen molar-refractivity contribution in [2.45, 2.75) is 13.5 Å². The molecule has 2 heterocycles. The van der Waals surface area contributed by atoms with Crippen LogP contribution in [-0.2, 0) is 11.3 Å². The fraction of sp³-hybridized carbons (Fsp3) is 0.571. The second kappa shape index (κ2) is 7.21. The van der Waals surface area contributed by atoms with Crippen LogP contribution < -0.4 is 5.32 Å². The number of piperazine rings is 1. The average molecular weight is 278 g/mol. The predicted molar refractivity (Wildman–Crippen MR) is 76.2 cm³/mol. The topological polar surface area (TPSA) is 61.6 Å². The Hall–Kier alpha value is -1.66. The minimum Gasteiger partial charge on any atom is -0.361 e. The number of aryl methyl sites for hydroxylation is 1. The highest BCUT2D eigenvalue weighted by molar-refractivity contribution is 5.78. The lowest BCUT2D eigenvalue weighted by atomic mass is 10.2. The van der Waals surface area contributed by atoms with Crippen molar-refractivity contribution in [3.63, 3.8) is 0 Å². The van der Waals surface area contributed by atoms with Crippen LogP contribution in [0.2, 0.25) is 0 Å². The molecular formula is C14H22N4O2. The smallest absolute Gasteiger partial charge is 0.234 e. The molecule has 1 N–H and O–H groups in total. The Morgan fingerprint density at radius 3 is 2.75 bits per heavy atom. The third kappa shape index (κ3) is 4.47. The number of hydrogen-bond donors (Lipinski definition) is 1. The van der Waals surface area contributed by atoms with Gasteiger partial charge in [-0.05, 0) is 6.92 Å². The van der Waals surface area contributed by atoms with Gasteiger partial charge in [-0.25, -0.2) is 0 Å². The molecule has 0 unspecified atom stereocenters. The van der Waals surface area contributed by atoms with Crippen LogP contribution >= 0.6 is 0 Å². The van der Waals surface area contributed by atoms with Crippen molar-refractivity contribution in [3.8, 4) is 0 Å². The summed E-state index contributed by atoms with van der Waals surface area (Å²) in [6, 6.07) is 1.97. The van der Waals surface area contributed by atoms with Crippen LogP contribution in [0.5, 0.6) is 0 Å². The SMILES string of the molecule is C=CCNC(=O)CN1CCN(Cc2cc(C)on2)CC1. The van der Waals surface area contributed by atoms with Gasteiger partial charge in [0.05, 0.1) is 12.2 Å². The number of aromatic nitrogens is 1. The molecule has 1 aromatic rings. The molecule has 0 saturated carbocycles. The minimum absolute atomic E-state index is 0.0606. The molecule has 6 nitrogen and oxygen atoms in total. The summed E-state index contributed by atoms with van der Waals surface area (Å²) in [7, 11) is 0. The lowest BCUT2D eigenvalue weighted by Gasteiger charge is -2.33. The maximum Gasteiger partial charge on any atom is 0.234 e. The largest absolute Gasteiger partial charge is 0.361 e. The summed E-state index contributed by atoms with van der Waals surface area (Å²) in [4.78, 5) is 16.1. The van der Waals surface area contributed by atoms with E-state index in [0.29, 0.717) is 13.1 Å². The summed E-state index contributed by atoms with van der Waals surface area (Å²) in [6.45, 7) is 11.0. The molecule has 1 fully saturated rings. The van der Waals surface area contributed by atoms with E-state index in [9.17, 15) is 4.79 Å². The number of nitrogens with zero attached hydrogens (tertiary/aromatic N) is 3. The van der Waals surface area contributed by atoms with E-state index in [1.165, 1.54) is 0 Å². The van der Waals surface area contributed by atoms with Crippen LogP contribution in [0.1, 0.15) is 11.5 Å². The van der Waals surface area contributed by atoms with E-state index in [1.807, 2.05) is 13.0 Å². The van der Waals surface area contributed by atoms with E-state index in [1.54, 1.807) is 6.08 Å². The first-order chi connectivity index (χ1) is 9.67. The molecule has 0 radical (unpaired) electrons. The summed E-state index contributed by atoms with van der Waals surface area (Å²) < 4.78 is 5.07. The lowest BCUT2D eigenvalue weighted by molar-refractivity contribution is -0.122. The highest BCUT2D eigenvalue weighted by Crippen LogP contribution is 2.08. The van der Waals surface area contributed by atoms with Crippen LogP contribution in [0.4, 0.5) is 0 Å². The van der Waals surface area contributed by atoms with Crippen LogP contribution in [0.15, 0.2) is 23.2 Å². The first kappa shape index (κ1) is 14.7. The molecule has 1 aliphatic rings. The molecule has 0 spiro atoms. The second-order valence-electron chi connectivity index (χ2n) is 5.07. The van der Waals surface area contributed by atoms with Crippen molar-refractivity contribution >= 4 is 5.91 Å². The van der Waals surface area contributed by atoms with Gasteiger partial charge in [0.2, 0.25) is 5.91 Å². The Morgan fingerprint density at radius 2 is 2.15 bits per heavy atom. The Balaban J connectivity index is 1.69. The summed E-state index contributed by atoms with van der Waals surface area (Å²) in [6.07, 6.45) is 1.69. The van der Waals surface area contributed by atoms with Crippen molar-refractivity contribution in [2.75, 3.05) is 39.3 Å². The average Bonchev–Trinajstić information content (AvgIpc) is 2.84. The standard InChI is InChI=1S/C14H22N4O2/c1-3-4-15-14(19)11-18-7-5-17(6-8-18)10-13-9-12(2)20-16-13/h3,9H,1,4-8,10-11H2,2H3,(H,15,19). The molecule has 0 bridgehead atoms. The van der Waals surface area contributed by atoms with E-state index in [2.05, 4.69) is 26.9 Å². The zero-order valence-electron chi connectivity index (χ0n) is 12.0. The molecule has 1 saturated heterocycles. The Labute approximate surface area is 119 Å². The monoisotopic (exact) mass is 278 g/mol. The summed E-state index contributed by atoms with van der Waals surface area (Å²) >= 11 is 0. The van der Waals surface area contributed by atoms with Gasteiger partial charge < -0.3 is 9.84 Å². The van der Waals surface area contributed by atoms with Crippen molar-refractivity contribution < 1.29 is 9.32 Å². The molecule has 1 aliphatic heterocycles. The Morgan fingerprint density at radius 1 is 1.45 bits per heavy atom. The van der Waals surface area contributed by atoms with E-state index < -0.39 is 0 Å². The first-order valence-corrected chi connectivity index (χ1v) is 6.92. The number of carbonyl (C=O) groups is 1. The maximum absolute atomic E-state index is 11.6. The first-order valence-electron chi connectivity index (χ1n) is 6.92. The molecule has 2 rings (SSSR count). The molecular weight excluding hydrogens is 256 g/mol. The third-order valence-electron chi connectivity index (χ3n) is 3.34. The van der Waals surface area contributed by atoms with Gasteiger partial charge in [-0.1, -0.05) is 11.2 Å². The molecule has 0 aliphatic carbocycles. The van der Waals surface area contributed by atoms with Crippen molar-refractivity contribution in [2.24, 2.45) is 0 Å². The predicted octanol–water partition coefficient (Wildman–Crippen LogP) is 0.403. The van der Waals surface area contributed by atoms with Crippen molar-refractivity contribution in [3.05, 3.63) is 30.2 Å². The highest BCUT2D eigenvalue weighted by atomic mass is 16.5. The van der Waals surface area contributed by atoms with Crippen molar-refractivity contribution in [1.29, 1.82) is 0 Å². The molecule has 0 aromatic carbocycles. The van der Waals surface area contributed by atoms with Crippen LogP contribution in [0, 0.1) is 6.92 Å². The van der Waals surface area contributed by atoms with E-state index in [0.717, 1.165) is 44.2 Å². The van der Waals surface area contributed by atoms with Gasteiger partial charge in [0.25, 0.3) is 0 Å². The summed E-state index contributed by atoms with van der Waals surface area (Å²) in [5, 5.41) is 6.81. The quantitative estimate of drug-likeness (QED) is 0.763. The van der Waals surface area contributed by atoms with Gasteiger partial charge in [0.15, 0.2) is 0 Å². The van der Waals surface area contributed by atoms with Crippen LogP contribution in [0.25, 0.3) is 0 Å². The second-order valence-corrected chi connectivity index (χ2v) is 5.07. The molecule has 1 amide bonds. The fourth-order valence-corrected chi connectivity index (χ4v) is 2.27. The normalized spacial score (nSPS) is 17.1. The summed E-state index contributed by atoms with van der Waals surface area (Å²) in [5.41, 5.74) is 0.972. The Bertz CT molecular complexity index is 450. The van der Waals surface area contributed by atoms with Gasteiger partial charge in [-0.2, -0.15) is 0 Å². The number of hydrogen-bond acceptors (Lipinski definition) is 5. The van der Waals surface area contributed by atoms with Gasteiger partial charge in [0, 0.05) is 45.3 Å². The van der Waals surface area contributed by atoms with Crippen LogP contribution in [-0.4, -0.2) is 60.1 Å². The lowest BCUT2D eigenvalue weighted by Crippen LogP contribution is -2.49. The third-order valence-corrected chi connectivity index (χ3v) is 3.34. The highest BCUT2D eigenvalue weighted by Gasteiger charge is 2.19. The Kier molecular flexibility index (Phi) is 5.31. The minimum atomic E-state index is 0.0606. The van der Waals surface area contributed by atoms with Crippen molar-refractivity contribution in [1.82, 2.24) is 20.3 Å². The van der Waals surface area contributed by atoms with E-state index in [4.69, 9.17) is 4.52 Å². The van der Waals surface area contributed by atoms with E-state index >= 15 is 0 Å². The maximum atomic E-state index is 11.6. The fourth-order valence-electron chi connectivity index (χ4n) is 2.27. The zero-order chi connectivity index (χ0) is 14.4. The number of nitrogens with one attached hydrogen (secondary N) is 1. The van der Waals surface area contributed by atoms with Gasteiger partial charge >= 0.3 is 0 Å². The molecule has 110 valence electrons. The molecule has 1 aromatic heterocycles. The van der Waals surface area contributed by atoms with Gasteiger partial charge in [-0.3, -0.25) is 14.6 Å². The van der Waals surface area contributed by atoms with Crippen LogP contribution in [0.3, 0.4) is 0 Å². The van der Waals surface area contributed by atoms with Gasteiger partial charge in [-0.15, -0.1) is 6.58 Å². The van der Waals surface area contributed by atoms with Gasteiger partial charge in [0.1, 0.15) is 5.76 Å². The number of rotatable bonds is 6.